The fourth-order valence-corrected chi connectivity index (χ4v) is 1.48. The van der Waals surface area contributed by atoms with E-state index in [1.54, 1.807) is 12.4 Å². The molecule has 5 heteroatoms. The van der Waals surface area contributed by atoms with Gasteiger partial charge in [-0.1, -0.05) is 6.42 Å². The monoisotopic (exact) mass is 255 g/mol. The van der Waals surface area contributed by atoms with Crippen LogP contribution in [-0.2, 0) is 4.79 Å². The first-order valence-corrected chi connectivity index (χ1v) is 5.33. The van der Waals surface area contributed by atoms with E-state index in [1.807, 2.05) is 0 Å². The summed E-state index contributed by atoms with van der Waals surface area (Å²) >= 11 is 3.18. The van der Waals surface area contributed by atoms with Crippen LogP contribution in [0.15, 0.2) is 17.0 Å². The molecule has 0 aliphatic heterocycles. The third-order valence-electron chi connectivity index (χ3n) is 2.35. The normalized spacial score (nSPS) is 16.1. The number of aromatic nitrogens is 2. The molecule has 0 aromatic carbocycles. The lowest BCUT2D eigenvalue weighted by molar-refractivity contribution is -0.122. The number of carbonyl (C=O) groups excluding carboxylic acids is 1. The zero-order valence-corrected chi connectivity index (χ0v) is 9.12. The Balaban J connectivity index is 1.96. The van der Waals surface area contributed by atoms with Crippen LogP contribution in [-0.4, -0.2) is 15.9 Å². The molecular formula is C9H10BrN3O. The van der Waals surface area contributed by atoms with Crippen LogP contribution in [0.5, 0.6) is 0 Å². The van der Waals surface area contributed by atoms with Gasteiger partial charge in [0.15, 0.2) is 5.82 Å². The molecule has 14 heavy (non-hydrogen) atoms. The minimum absolute atomic E-state index is 0.0628. The molecule has 1 saturated carbocycles. The van der Waals surface area contributed by atoms with Crippen molar-refractivity contribution >= 4 is 27.7 Å². The van der Waals surface area contributed by atoms with E-state index < -0.39 is 0 Å². The van der Waals surface area contributed by atoms with Crippen molar-refractivity contribution in [3.8, 4) is 0 Å². The SMILES string of the molecule is O=C(Nc1cnc(Br)cn1)C1CCC1. The fourth-order valence-electron chi connectivity index (χ4n) is 1.28. The summed E-state index contributed by atoms with van der Waals surface area (Å²) in [6.07, 6.45) is 6.26. The summed E-state index contributed by atoms with van der Waals surface area (Å²) < 4.78 is 0.666. The molecule has 1 heterocycles. The molecule has 1 aromatic rings. The van der Waals surface area contributed by atoms with Gasteiger partial charge in [-0.25, -0.2) is 9.97 Å². The van der Waals surface area contributed by atoms with Crippen molar-refractivity contribution in [2.45, 2.75) is 19.3 Å². The van der Waals surface area contributed by atoms with Gasteiger partial charge in [-0.3, -0.25) is 4.79 Å². The smallest absolute Gasteiger partial charge is 0.228 e. The highest BCUT2D eigenvalue weighted by atomic mass is 79.9. The van der Waals surface area contributed by atoms with Gasteiger partial charge >= 0.3 is 0 Å². The van der Waals surface area contributed by atoms with Gasteiger partial charge in [0.2, 0.25) is 5.91 Å². The molecule has 1 fully saturated rings. The van der Waals surface area contributed by atoms with Gasteiger partial charge in [0.05, 0.1) is 12.4 Å². The standard InChI is InChI=1S/C9H10BrN3O/c10-7-4-12-8(5-11-7)13-9(14)6-2-1-3-6/h4-6H,1-3H2,(H,12,13,14). The van der Waals surface area contributed by atoms with Gasteiger partial charge < -0.3 is 5.32 Å². The number of anilines is 1. The van der Waals surface area contributed by atoms with Crippen LogP contribution in [0, 0.1) is 5.92 Å². The molecule has 2 rings (SSSR count). The van der Waals surface area contributed by atoms with Crippen LogP contribution in [0.3, 0.4) is 0 Å². The van der Waals surface area contributed by atoms with Gasteiger partial charge in [-0.05, 0) is 28.8 Å². The van der Waals surface area contributed by atoms with Crippen LogP contribution in [0.1, 0.15) is 19.3 Å². The second-order valence-electron chi connectivity index (χ2n) is 3.34. The largest absolute Gasteiger partial charge is 0.309 e. The predicted octanol–water partition coefficient (Wildman–Crippen LogP) is 1.98. The van der Waals surface area contributed by atoms with Crippen molar-refractivity contribution < 1.29 is 4.79 Å². The number of rotatable bonds is 2. The van der Waals surface area contributed by atoms with E-state index in [2.05, 4.69) is 31.2 Å². The van der Waals surface area contributed by atoms with Gasteiger partial charge in [0.1, 0.15) is 4.60 Å². The molecule has 4 nitrogen and oxygen atoms in total. The van der Waals surface area contributed by atoms with E-state index in [0.717, 1.165) is 19.3 Å². The molecule has 0 bridgehead atoms. The highest BCUT2D eigenvalue weighted by Gasteiger charge is 2.25. The molecule has 0 spiro atoms. The Bertz CT molecular complexity index is 334. The van der Waals surface area contributed by atoms with Crippen molar-refractivity contribution in [1.82, 2.24) is 9.97 Å². The quantitative estimate of drug-likeness (QED) is 0.880. The molecule has 1 amide bonds. The molecule has 1 aliphatic rings. The number of nitrogens with zero attached hydrogens (tertiary/aromatic N) is 2. The summed E-state index contributed by atoms with van der Waals surface area (Å²) in [6.45, 7) is 0. The van der Waals surface area contributed by atoms with E-state index in [9.17, 15) is 4.79 Å². The first-order valence-electron chi connectivity index (χ1n) is 4.54. The van der Waals surface area contributed by atoms with E-state index in [0.29, 0.717) is 10.4 Å². The summed E-state index contributed by atoms with van der Waals surface area (Å²) in [4.78, 5) is 19.5. The number of hydrogen-bond acceptors (Lipinski definition) is 3. The third kappa shape index (κ3) is 2.09. The number of nitrogens with one attached hydrogen (secondary N) is 1. The zero-order chi connectivity index (χ0) is 9.97. The van der Waals surface area contributed by atoms with E-state index in [-0.39, 0.29) is 11.8 Å². The van der Waals surface area contributed by atoms with Crippen LogP contribution in [0.2, 0.25) is 0 Å². The van der Waals surface area contributed by atoms with Crippen molar-refractivity contribution in [1.29, 1.82) is 0 Å². The predicted molar refractivity (Wildman–Crippen MR) is 55.7 cm³/mol. The summed E-state index contributed by atoms with van der Waals surface area (Å²) in [6, 6.07) is 0. The molecular weight excluding hydrogens is 246 g/mol. The zero-order valence-electron chi connectivity index (χ0n) is 7.53. The van der Waals surface area contributed by atoms with Gasteiger partial charge in [-0.2, -0.15) is 0 Å². The van der Waals surface area contributed by atoms with E-state index in [1.165, 1.54) is 0 Å². The first kappa shape index (κ1) is 9.58. The van der Waals surface area contributed by atoms with Gasteiger partial charge in [0, 0.05) is 5.92 Å². The molecule has 0 unspecified atom stereocenters. The van der Waals surface area contributed by atoms with Crippen LogP contribution in [0.4, 0.5) is 5.82 Å². The number of amides is 1. The Hall–Kier alpha value is -0.970. The summed E-state index contributed by atoms with van der Waals surface area (Å²) in [5, 5.41) is 2.74. The lowest BCUT2D eigenvalue weighted by Gasteiger charge is -2.23. The van der Waals surface area contributed by atoms with Crippen LogP contribution < -0.4 is 5.32 Å². The topological polar surface area (TPSA) is 54.9 Å². The average molecular weight is 256 g/mol. The summed E-state index contributed by atoms with van der Waals surface area (Å²) in [7, 11) is 0. The minimum atomic E-state index is 0.0628. The maximum atomic E-state index is 11.5. The van der Waals surface area contributed by atoms with E-state index >= 15 is 0 Å². The maximum Gasteiger partial charge on any atom is 0.228 e. The molecule has 74 valence electrons. The third-order valence-corrected chi connectivity index (χ3v) is 2.76. The minimum Gasteiger partial charge on any atom is -0.309 e. The second-order valence-corrected chi connectivity index (χ2v) is 4.15. The highest BCUT2D eigenvalue weighted by Crippen LogP contribution is 2.27. The van der Waals surface area contributed by atoms with Crippen molar-refractivity contribution in [2.75, 3.05) is 5.32 Å². The molecule has 1 aromatic heterocycles. The Morgan fingerprint density at radius 1 is 1.43 bits per heavy atom. The van der Waals surface area contributed by atoms with Crippen LogP contribution in [0.25, 0.3) is 0 Å². The number of halogens is 1. The summed E-state index contributed by atoms with van der Waals surface area (Å²) in [5.41, 5.74) is 0. The molecule has 1 aliphatic carbocycles. The Morgan fingerprint density at radius 3 is 2.71 bits per heavy atom. The lowest BCUT2D eigenvalue weighted by atomic mass is 9.85. The molecule has 0 atom stereocenters. The Kier molecular flexibility index (Phi) is 2.77. The van der Waals surface area contributed by atoms with Crippen molar-refractivity contribution in [2.24, 2.45) is 5.92 Å². The van der Waals surface area contributed by atoms with Crippen LogP contribution >= 0.6 is 15.9 Å². The highest BCUT2D eigenvalue weighted by molar-refractivity contribution is 9.10. The lowest BCUT2D eigenvalue weighted by Crippen LogP contribution is -2.28. The molecule has 0 saturated heterocycles. The molecule has 1 N–H and O–H groups in total. The molecule has 0 radical (unpaired) electrons. The fraction of sp³-hybridized carbons (Fsp3) is 0.444. The Morgan fingerprint density at radius 2 is 2.21 bits per heavy atom. The number of carbonyl (C=O) groups is 1. The number of hydrogen-bond donors (Lipinski definition) is 1. The Labute approximate surface area is 90.3 Å². The maximum absolute atomic E-state index is 11.5. The van der Waals surface area contributed by atoms with Crippen molar-refractivity contribution in [3.05, 3.63) is 17.0 Å². The van der Waals surface area contributed by atoms with Gasteiger partial charge in [-0.15, -0.1) is 0 Å². The second kappa shape index (κ2) is 4.04. The van der Waals surface area contributed by atoms with Crippen molar-refractivity contribution in [3.63, 3.8) is 0 Å². The van der Waals surface area contributed by atoms with E-state index in [4.69, 9.17) is 0 Å². The summed E-state index contributed by atoms with van der Waals surface area (Å²) in [5.74, 6) is 0.762. The average Bonchev–Trinajstić information content (AvgIpc) is 2.06. The first-order chi connectivity index (χ1) is 6.75. The van der Waals surface area contributed by atoms with Gasteiger partial charge in [0.25, 0.3) is 0 Å².